The van der Waals surface area contributed by atoms with Gasteiger partial charge in [-0.25, -0.2) is 12.8 Å². The van der Waals surface area contributed by atoms with Gasteiger partial charge in [0.1, 0.15) is 16.8 Å². The lowest BCUT2D eigenvalue weighted by atomic mass is 9.75. The molecule has 1 heterocycles. The van der Waals surface area contributed by atoms with E-state index in [2.05, 4.69) is 13.8 Å². The molecule has 0 N–H and O–H groups in total. The van der Waals surface area contributed by atoms with Gasteiger partial charge in [-0.3, -0.25) is 0 Å². The molecule has 0 bridgehead atoms. The summed E-state index contributed by atoms with van der Waals surface area (Å²) >= 11 is 0. The van der Waals surface area contributed by atoms with Crippen molar-refractivity contribution in [2.75, 3.05) is 6.54 Å². The van der Waals surface area contributed by atoms with Crippen LogP contribution in [0.3, 0.4) is 0 Å². The average Bonchev–Trinajstić information content (AvgIpc) is 3.20. The van der Waals surface area contributed by atoms with Gasteiger partial charge in [0.25, 0.3) is 0 Å². The minimum absolute atomic E-state index is 0.0147. The van der Waals surface area contributed by atoms with Crippen molar-refractivity contribution in [3.8, 4) is 6.07 Å². The van der Waals surface area contributed by atoms with Crippen LogP contribution in [0.15, 0.2) is 23.1 Å². The Morgan fingerprint density at radius 1 is 1.38 bits per heavy atom. The Bertz CT molecular complexity index is 733. The molecule has 1 aromatic rings. The molecule has 21 heavy (non-hydrogen) atoms. The second-order valence-corrected chi connectivity index (χ2v) is 8.43. The monoisotopic (exact) mass is 308 g/mol. The summed E-state index contributed by atoms with van der Waals surface area (Å²) in [6.07, 6.45) is 2.10. The van der Waals surface area contributed by atoms with E-state index < -0.39 is 15.8 Å². The van der Waals surface area contributed by atoms with E-state index in [1.807, 2.05) is 0 Å². The molecule has 6 heteroatoms. The number of rotatable bonds is 3. The van der Waals surface area contributed by atoms with Crippen molar-refractivity contribution < 1.29 is 12.8 Å². The fourth-order valence-electron chi connectivity index (χ4n) is 3.33. The topological polar surface area (TPSA) is 61.2 Å². The minimum atomic E-state index is -3.74. The highest BCUT2D eigenvalue weighted by atomic mass is 32.2. The quantitative estimate of drug-likeness (QED) is 0.862. The van der Waals surface area contributed by atoms with Crippen LogP contribution in [0.2, 0.25) is 0 Å². The molecule has 0 unspecified atom stereocenters. The number of benzene rings is 1. The van der Waals surface area contributed by atoms with Crippen LogP contribution in [0.1, 0.15) is 32.3 Å². The Kier molecular flexibility index (Phi) is 3.12. The number of nitriles is 1. The van der Waals surface area contributed by atoms with Crippen LogP contribution in [0.5, 0.6) is 0 Å². The average molecular weight is 308 g/mol. The van der Waals surface area contributed by atoms with Crippen molar-refractivity contribution in [3.05, 3.63) is 29.6 Å². The van der Waals surface area contributed by atoms with E-state index in [0.29, 0.717) is 12.5 Å². The standard InChI is InChI=1S/C15H17FN2O2S/c1-15(2)9-18(14(15)10-3-4-10)21(19,20)13-6-5-12(16)7-11(13)8-17/h5-7,10,14H,3-4,9H2,1-2H3/t14-/m0/s1. The summed E-state index contributed by atoms with van der Waals surface area (Å²) in [6, 6.07) is 5.02. The third-order valence-electron chi connectivity index (χ3n) is 4.39. The lowest BCUT2D eigenvalue weighted by Crippen LogP contribution is -2.64. The molecule has 0 amide bonds. The molecular formula is C15H17FN2O2S. The molecule has 0 radical (unpaired) electrons. The number of hydrogen-bond acceptors (Lipinski definition) is 3. The van der Waals surface area contributed by atoms with Crippen molar-refractivity contribution in [1.82, 2.24) is 4.31 Å². The number of hydrogen-bond donors (Lipinski definition) is 0. The van der Waals surface area contributed by atoms with Crippen molar-refractivity contribution in [2.24, 2.45) is 11.3 Å². The van der Waals surface area contributed by atoms with Crippen LogP contribution in [-0.4, -0.2) is 25.3 Å². The zero-order valence-corrected chi connectivity index (χ0v) is 12.8. The van der Waals surface area contributed by atoms with Crippen LogP contribution in [0.25, 0.3) is 0 Å². The van der Waals surface area contributed by atoms with Crippen LogP contribution < -0.4 is 0 Å². The Morgan fingerprint density at radius 2 is 2.05 bits per heavy atom. The molecule has 1 saturated carbocycles. The second kappa shape index (κ2) is 4.52. The molecule has 1 aliphatic heterocycles. The molecule has 112 valence electrons. The van der Waals surface area contributed by atoms with Gasteiger partial charge in [-0.2, -0.15) is 9.57 Å². The van der Waals surface area contributed by atoms with Gasteiger partial charge in [0.15, 0.2) is 0 Å². The number of nitrogens with zero attached hydrogens (tertiary/aromatic N) is 2. The molecule has 1 aliphatic carbocycles. The van der Waals surface area contributed by atoms with Gasteiger partial charge in [0.05, 0.1) is 5.56 Å². The highest BCUT2D eigenvalue weighted by Crippen LogP contribution is 2.52. The Balaban J connectivity index is 2.01. The predicted molar refractivity (Wildman–Crippen MR) is 75.3 cm³/mol. The normalized spacial score (nSPS) is 25.1. The summed E-state index contributed by atoms with van der Waals surface area (Å²) in [7, 11) is -3.74. The molecule has 1 atom stereocenters. The third kappa shape index (κ3) is 2.25. The van der Waals surface area contributed by atoms with E-state index in [1.165, 1.54) is 10.4 Å². The van der Waals surface area contributed by atoms with Crippen molar-refractivity contribution >= 4 is 10.0 Å². The SMILES string of the molecule is CC1(C)CN(S(=O)(=O)c2ccc(F)cc2C#N)[C@H]1C1CC1. The molecule has 0 aromatic heterocycles. The molecule has 2 fully saturated rings. The van der Waals surface area contributed by atoms with Gasteiger partial charge in [-0.15, -0.1) is 0 Å². The van der Waals surface area contributed by atoms with Crippen molar-refractivity contribution in [1.29, 1.82) is 5.26 Å². The van der Waals surface area contributed by atoms with Crippen molar-refractivity contribution in [2.45, 2.75) is 37.6 Å². The third-order valence-corrected chi connectivity index (χ3v) is 6.28. The van der Waals surface area contributed by atoms with E-state index in [1.54, 1.807) is 6.07 Å². The predicted octanol–water partition coefficient (Wildman–Crippen LogP) is 2.51. The van der Waals surface area contributed by atoms with E-state index in [4.69, 9.17) is 5.26 Å². The summed E-state index contributed by atoms with van der Waals surface area (Å²) < 4.78 is 40.3. The van der Waals surface area contributed by atoms with Crippen molar-refractivity contribution in [3.63, 3.8) is 0 Å². The number of sulfonamides is 1. The number of halogens is 1. The summed E-state index contributed by atoms with van der Waals surface area (Å²) in [4.78, 5) is -0.0902. The fourth-order valence-corrected chi connectivity index (χ4v) is 5.47. The molecule has 1 aromatic carbocycles. The zero-order chi connectivity index (χ0) is 15.4. The van der Waals surface area contributed by atoms with Crippen LogP contribution >= 0.6 is 0 Å². The van der Waals surface area contributed by atoms with Crippen LogP contribution in [-0.2, 0) is 10.0 Å². The van der Waals surface area contributed by atoms with Gasteiger partial charge < -0.3 is 0 Å². The first-order chi connectivity index (χ1) is 9.77. The molecule has 2 aliphatic rings. The molecule has 1 saturated heterocycles. The molecule has 4 nitrogen and oxygen atoms in total. The van der Waals surface area contributed by atoms with E-state index in [-0.39, 0.29) is 21.9 Å². The maximum absolute atomic E-state index is 13.2. The Labute approximate surface area is 124 Å². The Hall–Kier alpha value is -1.45. The first-order valence-corrected chi connectivity index (χ1v) is 8.43. The highest BCUT2D eigenvalue weighted by Gasteiger charge is 2.57. The van der Waals surface area contributed by atoms with Crippen LogP contribution in [0, 0.1) is 28.5 Å². The smallest absolute Gasteiger partial charge is 0.207 e. The van der Waals surface area contributed by atoms with Gasteiger partial charge in [-0.1, -0.05) is 13.8 Å². The van der Waals surface area contributed by atoms with E-state index in [9.17, 15) is 12.8 Å². The van der Waals surface area contributed by atoms with E-state index >= 15 is 0 Å². The molecule has 3 rings (SSSR count). The summed E-state index contributed by atoms with van der Waals surface area (Å²) in [5.74, 6) is -0.192. The maximum Gasteiger partial charge on any atom is 0.244 e. The summed E-state index contributed by atoms with van der Waals surface area (Å²) in [5, 5.41) is 9.07. The highest BCUT2D eigenvalue weighted by molar-refractivity contribution is 7.89. The lowest BCUT2D eigenvalue weighted by Gasteiger charge is -2.53. The Morgan fingerprint density at radius 3 is 2.57 bits per heavy atom. The van der Waals surface area contributed by atoms with Gasteiger partial charge in [0, 0.05) is 12.6 Å². The van der Waals surface area contributed by atoms with Gasteiger partial charge >= 0.3 is 0 Å². The molecule has 0 spiro atoms. The van der Waals surface area contributed by atoms with E-state index in [0.717, 1.165) is 25.0 Å². The first kappa shape index (κ1) is 14.5. The first-order valence-electron chi connectivity index (χ1n) is 6.99. The summed E-state index contributed by atoms with van der Waals surface area (Å²) in [5.41, 5.74) is -0.171. The second-order valence-electron chi connectivity index (χ2n) is 6.57. The van der Waals surface area contributed by atoms with Crippen LogP contribution in [0.4, 0.5) is 4.39 Å². The van der Waals surface area contributed by atoms with Gasteiger partial charge in [0.2, 0.25) is 10.0 Å². The fraction of sp³-hybridized carbons (Fsp3) is 0.533. The largest absolute Gasteiger partial charge is 0.244 e. The summed E-state index contributed by atoms with van der Waals surface area (Å²) in [6.45, 7) is 4.58. The minimum Gasteiger partial charge on any atom is -0.207 e. The maximum atomic E-state index is 13.2. The molecular weight excluding hydrogens is 291 g/mol. The lowest BCUT2D eigenvalue weighted by molar-refractivity contribution is 0.00610. The zero-order valence-electron chi connectivity index (χ0n) is 12.0. The van der Waals surface area contributed by atoms with Gasteiger partial charge in [-0.05, 0) is 42.4 Å².